The molecule has 0 saturated heterocycles. The Labute approximate surface area is 169 Å². The van der Waals surface area contributed by atoms with E-state index in [2.05, 4.69) is 31.4 Å². The van der Waals surface area contributed by atoms with Crippen LogP contribution in [0.25, 0.3) is 27.8 Å². The van der Waals surface area contributed by atoms with Gasteiger partial charge in [-0.2, -0.15) is 4.52 Å². The third kappa shape index (κ3) is 2.76. The fraction of sp³-hybridized carbons (Fsp3) is 0. The van der Waals surface area contributed by atoms with E-state index in [1.807, 2.05) is 72.8 Å². The van der Waals surface area contributed by atoms with E-state index in [1.54, 1.807) is 4.52 Å². The van der Waals surface area contributed by atoms with Crippen molar-refractivity contribution in [2.75, 3.05) is 11.1 Å². The van der Waals surface area contributed by atoms with Gasteiger partial charge >= 0.3 is 0 Å². The molecule has 0 spiro atoms. The van der Waals surface area contributed by atoms with Crippen LogP contribution in [0.4, 0.5) is 17.2 Å². The van der Waals surface area contributed by atoms with E-state index in [9.17, 15) is 0 Å². The lowest BCUT2D eigenvalue weighted by Crippen LogP contribution is -2.03. The molecule has 0 aliphatic carbocycles. The second-order valence-electron chi connectivity index (χ2n) is 6.38. The van der Waals surface area contributed by atoms with Gasteiger partial charge in [0.2, 0.25) is 0 Å². The average molecular weight is 431 g/mol. The van der Waals surface area contributed by atoms with Gasteiger partial charge in [0.1, 0.15) is 0 Å². The molecule has 3 aromatic carbocycles. The molecule has 6 nitrogen and oxygen atoms in total. The second-order valence-corrected chi connectivity index (χ2v) is 7.23. The normalized spacial score (nSPS) is 11.2. The number of anilines is 3. The lowest BCUT2D eigenvalue weighted by molar-refractivity contribution is 0.950. The van der Waals surface area contributed by atoms with Crippen LogP contribution in [0.1, 0.15) is 0 Å². The first-order valence-corrected chi connectivity index (χ1v) is 9.51. The van der Waals surface area contributed by atoms with Gasteiger partial charge in [-0.3, -0.25) is 0 Å². The first-order chi connectivity index (χ1) is 13.7. The van der Waals surface area contributed by atoms with Crippen LogP contribution >= 0.6 is 15.9 Å². The van der Waals surface area contributed by atoms with E-state index in [1.165, 1.54) is 0 Å². The van der Waals surface area contributed by atoms with E-state index in [4.69, 9.17) is 10.8 Å². The zero-order valence-electron chi connectivity index (χ0n) is 14.7. The van der Waals surface area contributed by atoms with Gasteiger partial charge in [0.15, 0.2) is 17.3 Å². The highest BCUT2D eigenvalue weighted by Crippen LogP contribution is 2.31. The summed E-state index contributed by atoms with van der Waals surface area (Å²) in [6.45, 7) is 0. The summed E-state index contributed by atoms with van der Waals surface area (Å²) in [5.41, 5.74) is 9.06. The van der Waals surface area contributed by atoms with Crippen LogP contribution in [0.2, 0.25) is 0 Å². The minimum Gasteiger partial charge on any atom is -0.399 e. The third-order valence-corrected chi connectivity index (χ3v) is 5.24. The molecule has 0 amide bonds. The molecule has 7 heteroatoms. The van der Waals surface area contributed by atoms with Crippen LogP contribution in [0, 0.1) is 0 Å². The Balaban J connectivity index is 1.75. The minimum absolute atomic E-state index is 0.675. The Morgan fingerprint density at radius 1 is 0.821 bits per heavy atom. The summed E-state index contributed by atoms with van der Waals surface area (Å²) in [6, 6.07) is 23.5. The van der Waals surface area contributed by atoms with Crippen LogP contribution < -0.4 is 11.1 Å². The highest BCUT2D eigenvalue weighted by molar-refractivity contribution is 9.10. The molecule has 136 valence electrons. The molecule has 0 bridgehead atoms. The van der Waals surface area contributed by atoms with Crippen molar-refractivity contribution in [2.45, 2.75) is 0 Å². The Bertz CT molecular complexity index is 1310. The minimum atomic E-state index is 0.675. The molecular weight excluding hydrogens is 416 g/mol. The zero-order valence-corrected chi connectivity index (χ0v) is 16.3. The molecule has 5 rings (SSSR count). The summed E-state index contributed by atoms with van der Waals surface area (Å²) >= 11 is 3.60. The van der Waals surface area contributed by atoms with Gasteiger partial charge in [0.25, 0.3) is 0 Å². The molecule has 0 atom stereocenters. The van der Waals surface area contributed by atoms with Gasteiger partial charge in [-0.25, -0.2) is 0 Å². The van der Waals surface area contributed by atoms with E-state index >= 15 is 0 Å². The molecular formula is C21H15BrN6. The number of hydrogen-bond donors (Lipinski definition) is 2. The molecule has 0 saturated carbocycles. The zero-order chi connectivity index (χ0) is 19.1. The molecule has 2 heterocycles. The maximum atomic E-state index is 5.80. The summed E-state index contributed by atoms with van der Waals surface area (Å²) in [7, 11) is 0. The third-order valence-electron chi connectivity index (χ3n) is 4.55. The van der Waals surface area contributed by atoms with Crippen molar-refractivity contribution in [3.05, 3.63) is 77.3 Å². The second kappa shape index (κ2) is 6.61. The van der Waals surface area contributed by atoms with Gasteiger partial charge in [-0.15, -0.1) is 15.3 Å². The monoisotopic (exact) mass is 430 g/mol. The van der Waals surface area contributed by atoms with Crippen molar-refractivity contribution in [2.24, 2.45) is 0 Å². The first-order valence-electron chi connectivity index (χ1n) is 8.72. The number of nitrogens with zero attached hydrogens (tertiary/aromatic N) is 4. The lowest BCUT2D eigenvalue weighted by Gasteiger charge is -2.11. The Kier molecular flexibility index (Phi) is 3.95. The van der Waals surface area contributed by atoms with Crippen molar-refractivity contribution in [1.82, 2.24) is 19.8 Å². The van der Waals surface area contributed by atoms with Crippen LogP contribution in [0.3, 0.4) is 0 Å². The molecule has 5 aromatic rings. The number of aromatic nitrogens is 4. The number of nitrogens with two attached hydrogens (primary N) is 1. The lowest BCUT2D eigenvalue weighted by atomic mass is 10.1. The number of fused-ring (bicyclic) bond motifs is 3. The molecule has 3 N–H and O–H groups in total. The van der Waals surface area contributed by atoms with Crippen molar-refractivity contribution in [1.29, 1.82) is 0 Å². The van der Waals surface area contributed by atoms with E-state index < -0.39 is 0 Å². The fourth-order valence-electron chi connectivity index (χ4n) is 3.19. The Hall–Kier alpha value is -3.45. The Morgan fingerprint density at radius 3 is 2.32 bits per heavy atom. The molecule has 0 fully saturated rings. The van der Waals surface area contributed by atoms with Gasteiger partial charge in [0.05, 0.1) is 0 Å². The SMILES string of the molecule is Nc1ccc(Nc2nn3c(-c4ccccc4Br)nnc3c3ccccc23)cc1. The topological polar surface area (TPSA) is 81.1 Å². The largest absolute Gasteiger partial charge is 0.399 e. The summed E-state index contributed by atoms with van der Waals surface area (Å²) < 4.78 is 2.72. The number of rotatable bonds is 3. The number of benzene rings is 3. The summed E-state index contributed by atoms with van der Waals surface area (Å²) in [6.07, 6.45) is 0. The van der Waals surface area contributed by atoms with E-state index in [0.717, 1.165) is 32.3 Å². The average Bonchev–Trinajstić information content (AvgIpc) is 3.14. The van der Waals surface area contributed by atoms with Crippen molar-refractivity contribution >= 4 is 49.5 Å². The molecule has 2 aromatic heterocycles. The van der Waals surface area contributed by atoms with Crippen LogP contribution in [-0.2, 0) is 0 Å². The quantitative estimate of drug-likeness (QED) is 0.392. The van der Waals surface area contributed by atoms with E-state index in [0.29, 0.717) is 17.2 Å². The van der Waals surface area contributed by atoms with Crippen molar-refractivity contribution < 1.29 is 0 Å². The number of hydrogen-bond acceptors (Lipinski definition) is 5. The highest BCUT2D eigenvalue weighted by Gasteiger charge is 2.16. The van der Waals surface area contributed by atoms with E-state index in [-0.39, 0.29) is 0 Å². The smallest absolute Gasteiger partial charge is 0.186 e. The Morgan fingerprint density at radius 2 is 1.54 bits per heavy atom. The molecule has 0 aliphatic rings. The fourth-order valence-corrected chi connectivity index (χ4v) is 3.65. The summed E-state index contributed by atoms with van der Waals surface area (Å²) in [5.74, 6) is 1.40. The summed E-state index contributed by atoms with van der Waals surface area (Å²) in [4.78, 5) is 0. The number of nitrogen functional groups attached to an aromatic ring is 1. The molecule has 0 radical (unpaired) electrons. The molecule has 0 aliphatic heterocycles. The number of halogens is 1. The number of nitrogens with one attached hydrogen (secondary N) is 1. The standard InChI is InChI=1S/C21H15BrN6/c22-18-8-4-3-7-17(18)21-26-25-20-16-6-2-1-5-15(16)19(27-28(20)21)24-14-11-9-13(23)10-12-14/h1-12H,23H2,(H,24,27). The predicted molar refractivity (Wildman–Crippen MR) is 116 cm³/mol. The summed E-state index contributed by atoms with van der Waals surface area (Å²) in [5, 5.41) is 19.0. The maximum Gasteiger partial charge on any atom is 0.186 e. The first kappa shape index (κ1) is 16.7. The van der Waals surface area contributed by atoms with Crippen LogP contribution in [0.5, 0.6) is 0 Å². The predicted octanol–water partition coefficient (Wildman–Crippen LogP) is 5.03. The highest BCUT2D eigenvalue weighted by atomic mass is 79.9. The maximum absolute atomic E-state index is 5.80. The van der Waals surface area contributed by atoms with Crippen molar-refractivity contribution in [3.8, 4) is 11.4 Å². The molecule has 0 unspecified atom stereocenters. The van der Waals surface area contributed by atoms with Crippen LogP contribution in [-0.4, -0.2) is 19.8 Å². The van der Waals surface area contributed by atoms with Gasteiger partial charge in [0, 0.05) is 32.2 Å². The van der Waals surface area contributed by atoms with Crippen molar-refractivity contribution in [3.63, 3.8) is 0 Å². The van der Waals surface area contributed by atoms with Gasteiger partial charge in [-0.1, -0.05) is 52.3 Å². The van der Waals surface area contributed by atoms with Crippen LogP contribution in [0.15, 0.2) is 77.3 Å². The van der Waals surface area contributed by atoms with Gasteiger partial charge < -0.3 is 11.1 Å². The molecule has 28 heavy (non-hydrogen) atoms. The van der Waals surface area contributed by atoms with Gasteiger partial charge in [-0.05, 0) is 36.4 Å².